The third-order valence-corrected chi connectivity index (χ3v) is 6.71. The number of hydrogen-bond donors (Lipinski definition) is 1. The molecule has 0 bridgehead atoms. The van der Waals surface area contributed by atoms with Gasteiger partial charge in [0.15, 0.2) is 0 Å². The van der Waals surface area contributed by atoms with E-state index in [1.807, 2.05) is 11.0 Å². The number of rotatable bonds is 3. The largest absolute Gasteiger partial charge is 0.416 e. The number of likely N-dealkylation sites (tertiary alicyclic amines) is 2. The Labute approximate surface area is 194 Å². The number of halogens is 3. The Morgan fingerprint density at radius 2 is 1.79 bits per heavy atom. The van der Waals surface area contributed by atoms with Crippen molar-refractivity contribution in [3.8, 4) is 0 Å². The number of aromatic nitrogens is 3. The lowest BCUT2D eigenvalue weighted by Crippen LogP contribution is -2.46. The van der Waals surface area contributed by atoms with Gasteiger partial charge < -0.3 is 14.8 Å². The van der Waals surface area contributed by atoms with E-state index >= 15 is 0 Å². The molecule has 178 valence electrons. The summed E-state index contributed by atoms with van der Waals surface area (Å²) in [4.78, 5) is 41.6. The van der Waals surface area contributed by atoms with Gasteiger partial charge in [-0.2, -0.15) is 13.2 Å². The van der Waals surface area contributed by atoms with Gasteiger partial charge in [0, 0.05) is 43.9 Å². The number of alkyl halides is 3. The first-order valence-corrected chi connectivity index (χ1v) is 11.3. The standard InChI is InChI=1S/C24H24F3N5O2/c25-24(26,27)18-5-3-15(4-6-18)22(33)31-10-1-2-17(14-31)23(34)32-11-8-16(13-32)21-29-19-7-9-28-12-20(19)30-21/h3-7,9,12,16-17H,1-2,8,10-11,13-14H2,(H,29,30). The van der Waals surface area contributed by atoms with Gasteiger partial charge in [-0.05, 0) is 49.6 Å². The van der Waals surface area contributed by atoms with Crippen LogP contribution in [0.1, 0.15) is 46.9 Å². The Hall–Kier alpha value is -3.43. The van der Waals surface area contributed by atoms with Crippen LogP contribution in [-0.2, 0) is 11.0 Å². The van der Waals surface area contributed by atoms with E-state index in [-0.39, 0.29) is 35.8 Å². The summed E-state index contributed by atoms with van der Waals surface area (Å²) in [5, 5.41) is 0. The lowest BCUT2D eigenvalue weighted by atomic mass is 9.95. The molecule has 0 saturated carbocycles. The highest BCUT2D eigenvalue weighted by atomic mass is 19.4. The van der Waals surface area contributed by atoms with Crippen molar-refractivity contribution in [1.82, 2.24) is 24.8 Å². The number of imidazole rings is 1. The molecule has 0 aliphatic carbocycles. The Bertz CT molecular complexity index is 1170. The molecule has 2 aromatic heterocycles. The second kappa shape index (κ2) is 8.73. The smallest absolute Gasteiger partial charge is 0.342 e. The average Bonchev–Trinajstić information content (AvgIpc) is 3.50. The SMILES string of the molecule is O=C(c1ccc(C(F)(F)F)cc1)N1CCCC(C(=O)N2CCC(c3nc4ccncc4[nH]3)C2)C1. The molecule has 34 heavy (non-hydrogen) atoms. The summed E-state index contributed by atoms with van der Waals surface area (Å²) in [5.41, 5.74) is 1.12. The molecular weight excluding hydrogens is 447 g/mol. The highest BCUT2D eigenvalue weighted by molar-refractivity contribution is 5.94. The summed E-state index contributed by atoms with van der Waals surface area (Å²) in [6.07, 6.45) is 1.15. The summed E-state index contributed by atoms with van der Waals surface area (Å²) in [6.45, 7) is 1.95. The third kappa shape index (κ3) is 4.36. The number of pyridine rings is 1. The monoisotopic (exact) mass is 471 g/mol. The minimum atomic E-state index is -4.45. The fourth-order valence-corrected chi connectivity index (χ4v) is 4.86. The molecule has 1 N–H and O–H groups in total. The number of benzene rings is 1. The van der Waals surface area contributed by atoms with E-state index in [1.165, 1.54) is 12.1 Å². The Balaban J connectivity index is 1.22. The minimum absolute atomic E-state index is 0.0187. The minimum Gasteiger partial charge on any atom is -0.342 e. The molecule has 10 heteroatoms. The van der Waals surface area contributed by atoms with Crippen molar-refractivity contribution < 1.29 is 22.8 Å². The van der Waals surface area contributed by atoms with Crippen molar-refractivity contribution >= 4 is 22.8 Å². The van der Waals surface area contributed by atoms with E-state index < -0.39 is 11.7 Å². The predicted molar refractivity (Wildman–Crippen MR) is 118 cm³/mol. The highest BCUT2D eigenvalue weighted by Crippen LogP contribution is 2.31. The number of H-pyrrole nitrogens is 1. The van der Waals surface area contributed by atoms with Gasteiger partial charge in [0.1, 0.15) is 5.82 Å². The maximum Gasteiger partial charge on any atom is 0.416 e. The Kier molecular flexibility index (Phi) is 5.75. The molecule has 2 fully saturated rings. The third-order valence-electron chi connectivity index (χ3n) is 6.71. The van der Waals surface area contributed by atoms with Crippen molar-refractivity contribution in [1.29, 1.82) is 0 Å². The summed E-state index contributed by atoms with van der Waals surface area (Å²) in [6, 6.07) is 6.07. The van der Waals surface area contributed by atoms with Gasteiger partial charge in [-0.25, -0.2) is 4.98 Å². The molecule has 2 amide bonds. The van der Waals surface area contributed by atoms with E-state index in [2.05, 4.69) is 15.0 Å². The Morgan fingerprint density at radius 3 is 2.53 bits per heavy atom. The Morgan fingerprint density at radius 1 is 1.00 bits per heavy atom. The molecule has 7 nitrogen and oxygen atoms in total. The van der Waals surface area contributed by atoms with Crippen LogP contribution in [0.4, 0.5) is 13.2 Å². The van der Waals surface area contributed by atoms with Crippen LogP contribution in [0, 0.1) is 5.92 Å². The molecule has 2 saturated heterocycles. The van der Waals surface area contributed by atoms with Gasteiger partial charge in [-0.1, -0.05) is 0 Å². The number of fused-ring (bicyclic) bond motifs is 1. The van der Waals surface area contributed by atoms with Crippen LogP contribution in [-0.4, -0.2) is 62.7 Å². The van der Waals surface area contributed by atoms with Crippen molar-refractivity contribution in [2.45, 2.75) is 31.4 Å². The molecule has 2 aliphatic rings. The van der Waals surface area contributed by atoms with Crippen LogP contribution in [0.5, 0.6) is 0 Å². The lowest BCUT2D eigenvalue weighted by Gasteiger charge is -2.34. The number of hydrogen-bond acceptors (Lipinski definition) is 4. The van der Waals surface area contributed by atoms with Crippen molar-refractivity contribution in [2.75, 3.05) is 26.2 Å². The normalized spacial score (nSPS) is 21.3. The second-order valence-electron chi connectivity index (χ2n) is 8.95. The van der Waals surface area contributed by atoms with Gasteiger partial charge in [-0.15, -0.1) is 0 Å². The molecular formula is C24H24F3N5O2. The number of aromatic amines is 1. The van der Waals surface area contributed by atoms with Gasteiger partial charge in [0.05, 0.1) is 28.7 Å². The molecule has 4 heterocycles. The number of amides is 2. The van der Waals surface area contributed by atoms with E-state index in [0.717, 1.165) is 35.4 Å². The first-order valence-electron chi connectivity index (χ1n) is 11.3. The molecule has 2 unspecified atom stereocenters. The first kappa shape index (κ1) is 22.4. The van der Waals surface area contributed by atoms with Crippen molar-refractivity contribution in [3.05, 3.63) is 59.7 Å². The van der Waals surface area contributed by atoms with Gasteiger partial charge >= 0.3 is 6.18 Å². The van der Waals surface area contributed by atoms with E-state index in [1.54, 1.807) is 17.3 Å². The molecule has 1 aromatic carbocycles. The summed E-state index contributed by atoms with van der Waals surface area (Å²) >= 11 is 0. The number of carbonyl (C=O) groups excluding carboxylic acids is 2. The first-order chi connectivity index (χ1) is 16.3. The summed E-state index contributed by atoms with van der Waals surface area (Å²) in [5.74, 6) is 0.322. The fraction of sp³-hybridized carbons (Fsp3) is 0.417. The van der Waals surface area contributed by atoms with Crippen LogP contribution in [0.2, 0.25) is 0 Å². The average molecular weight is 471 g/mol. The maximum atomic E-state index is 13.2. The maximum absolute atomic E-state index is 13.2. The number of nitrogens with one attached hydrogen (secondary N) is 1. The van der Waals surface area contributed by atoms with Crippen molar-refractivity contribution in [2.24, 2.45) is 5.92 Å². The summed E-state index contributed by atoms with van der Waals surface area (Å²) in [7, 11) is 0. The van der Waals surface area contributed by atoms with E-state index in [0.29, 0.717) is 32.5 Å². The van der Waals surface area contributed by atoms with Crippen LogP contribution in [0.3, 0.4) is 0 Å². The summed E-state index contributed by atoms with van der Waals surface area (Å²) < 4.78 is 38.4. The number of carbonyl (C=O) groups is 2. The van der Waals surface area contributed by atoms with Crippen LogP contribution >= 0.6 is 0 Å². The van der Waals surface area contributed by atoms with Gasteiger partial charge in [0.2, 0.25) is 5.91 Å². The van der Waals surface area contributed by atoms with Gasteiger partial charge in [0.25, 0.3) is 5.91 Å². The van der Waals surface area contributed by atoms with Crippen LogP contribution in [0.25, 0.3) is 11.0 Å². The van der Waals surface area contributed by atoms with Gasteiger partial charge in [-0.3, -0.25) is 14.6 Å². The lowest BCUT2D eigenvalue weighted by molar-refractivity contribution is -0.138. The zero-order valence-electron chi connectivity index (χ0n) is 18.4. The molecule has 0 radical (unpaired) electrons. The molecule has 2 aliphatic heterocycles. The highest BCUT2D eigenvalue weighted by Gasteiger charge is 2.36. The second-order valence-corrected chi connectivity index (χ2v) is 8.95. The molecule has 0 spiro atoms. The zero-order valence-corrected chi connectivity index (χ0v) is 18.4. The number of piperidine rings is 1. The van der Waals surface area contributed by atoms with E-state index in [4.69, 9.17) is 0 Å². The molecule has 3 aromatic rings. The molecule has 5 rings (SSSR count). The van der Waals surface area contributed by atoms with Crippen LogP contribution < -0.4 is 0 Å². The predicted octanol–water partition coefficient (Wildman–Crippen LogP) is 3.85. The van der Waals surface area contributed by atoms with E-state index in [9.17, 15) is 22.8 Å². The quantitative estimate of drug-likeness (QED) is 0.629. The topological polar surface area (TPSA) is 82.2 Å². The van der Waals surface area contributed by atoms with Crippen LogP contribution in [0.15, 0.2) is 42.7 Å². The van der Waals surface area contributed by atoms with Crippen molar-refractivity contribution in [3.63, 3.8) is 0 Å². The number of nitrogens with zero attached hydrogens (tertiary/aromatic N) is 4. The fourth-order valence-electron chi connectivity index (χ4n) is 4.86. The molecule has 2 atom stereocenters. The zero-order chi connectivity index (χ0) is 23.9.